The van der Waals surface area contributed by atoms with E-state index in [0.717, 1.165) is 16.5 Å². The fourth-order valence-corrected chi connectivity index (χ4v) is 2.17. The second kappa shape index (κ2) is 5.05. The lowest BCUT2D eigenvalue weighted by molar-refractivity contribution is -0.123. The highest BCUT2D eigenvalue weighted by atomic mass is 16.3. The van der Waals surface area contributed by atoms with Crippen LogP contribution in [0.5, 0.6) is 0 Å². The summed E-state index contributed by atoms with van der Waals surface area (Å²) in [6.45, 7) is 5.81. The van der Waals surface area contributed by atoms with E-state index in [1.807, 2.05) is 35.9 Å². The average molecular weight is 260 g/mol. The van der Waals surface area contributed by atoms with Crippen molar-refractivity contribution in [1.29, 1.82) is 0 Å². The molecule has 2 N–H and O–H groups in total. The predicted octanol–water partition coefficient (Wildman–Crippen LogP) is 1.84. The quantitative estimate of drug-likeness (QED) is 0.881. The number of carbonyl (C=O) groups excluding carboxylic acids is 1. The normalized spacial score (nSPS) is 11.8. The van der Waals surface area contributed by atoms with Gasteiger partial charge in [0.2, 0.25) is 5.91 Å². The minimum absolute atomic E-state index is 0.0792. The van der Waals surface area contributed by atoms with Gasteiger partial charge >= 0.3 is 0 Å². The number of fused-ring (bicyclic) bond motifs is 1. The molecule has 1 heterocycles. The van der Waals surface area contributed by atoms with Crippen LogP contribution in [0.4, 0.5) is 0 Å². The van der Waals surface area contributed by atoms with E-state index < -0.39 is 5.54 Å². The van der Waals surface area contributed by atoms with Crippen LogP contribution >= 0.6 is 0 Å². The minimum Gasteiger partial charge on any atom is -0.394 e. The number of aliphatic hydroxyl groups is 1. The van der Waals surface area contributed by atoms with Crippen molar-refractivity contribution < 1.29 is 9.90 Å². The number of benzene rings is 1. The fourth-order valence-electron chi connectivity index (χ4n) is 2.17. The van der Waals surface area contributed by atoms with E-state index in [-0.39, 0.29) is 19.1 Å². The van der Waals surface area contributed by atoms with Gasteiger partial charge in [-0.1, -0.05) is 18.2 Å². The van der Waals surface area contributed by atoms with Crippen LogP contribution in [0.15, 0.2) is 30.5 Å². The van der Waals surface area contributed by atoms with Gasteiger partial charge in [-0.2, -0.15) is 0 Å². The molecule has 0 aliphatic carbocycles. The first-order valence-corrected chi connectivity index (χ1v) is 6.39. The standard InChI is InChI=1S/C15H20N2O2/c1-11-8-17(13-7-5-4-6-12(11)13)9-14(19)16-15(2,3)10-18/h4-8,18H,9-10H2,1-3H3,(H,16,19). The summed E-state index contributed by atoms with van der Waals surface area (Å²) < 4.78 is 1.94. The first-order chi connectivity index (χ1) is 8.93. The van der Waals surface area contributed by atoms with Crippen LogP contribution < -0.4 is 5.32 Å². The molecule has 2 aromatic rings. The Morgan fingerprint density at radius 2 is 2.05 bits per heavy atom. The average Bonchev–Trinajstić information content (AvgIpc) is 2.66. The molecule has 0 aliphatic rings. The molecule has 0 aliphatic heterocycles. The van der Waals surface area contributed by atoms with Crippen molar-refractivity contribution in [2.45, 2.75) is 32.9 Å². The predicted molar refractivity (Wildman–Crippen MR) is 76.0 cm³/mol. The Morgan fingerprint density at radius 1 is 1.37 bits per heavy atom. The van der Waals surface area contributed by atoms with E-state index in [2.05, 4.69) is 11.4 Å². The summed E-state index contributed by atoms with van der Waals surface area (Å²) >= 11 is 0. The number of nitrogens with one attached hydrogen (secondary N) is 1. The van der Waals surface area contributed by atoms with Gasteiger partial charge in [-0.05, 0) is 32.4 Å². The SMILES string of the molecule is Cc1cn(CC(=O)NC(C)(C)CO)c2ccccc12. The zero-order valence-corrected chi connectivity index (χ0v) is 11.6. The minimum atomic E-state index is -0.588. The van der Waals surface area contributed by atoms with Crippen molar-refractivity contribution in [3.63, 3.8) is 0 Å². The lowest BCUT2D eigenvalue weighted by Gasteiger charge is -2.23. The van der Waals surface area contributed by atoms with Gasteiger partial charge in [0.1, 0.15) is 6.54 Å². The summed E-state index contributed by atoms with van der Waals surface area (Å²) in [4.78, 5) is 12.0. The third-order valence-corrected chi connectivity index (χ3v) is 3.17. The van der Waals surface area contributed by atoms with Gasteiger partial charge in [-0.25, -0.2) is 0 Å². The molecule has 0 spiro atoms. The van der Waals surface area contributed by atoms with E-state index in [1.54, 1.807) is 13.8 Å². The number of aliphatic hydroxyl groups excluding tert-OH is 1. The summed E-state index contributed by atoms with van der Waals surface area (Å²) in [5.74, 6) is -0.0974. The molecule has 19 heavy (non-hydrogen) atoms. The number of rotatable bonds is 4. The Bertz CT molecular complexity index is 599. The Labute approximate surface area is 113 Å². The van der Waals surface area contributed by atoms with Crippen LogP contribution in [0.3, 0.4) is 0 Å². The van der Waals surface area contributed by atoms with Crippen molar-refractivity contribution in [1.82, 2.24) is 9.88 Å². The van der Waals surface area contributed by atoms with E-state index >= 15 is 0 Å². The second-order valence-electron chi connectivity index (χ2n) is 5.55. The summed E-state index contributed by atoms with van der Waals surface area (Å²) in [5.41, 5.74) is 1.62. The van der Waals surface area contributed by atoms with Gasteiger partial charge in [-0.3, -0.25) is 4.79 Å². The van der Waals surface area contributed by atoms with Crippen molar-refractivity contribution in [3.05, 3.63) is 36.0 Å². The molecule has 1 aromatic heterocycles. The molecule has 0 saturated heterocycles. The van der Waals surface area contributed by atoms with Crippen molar-refractivity contribution in [3.8, 4) is 0 Å². The number of carbonyl (C=O) groups is 1. The zero-order valence-electron chi connectivity index (χ0n) is 11.6. The third-order valence-electron chi connectivity index (χ3n) is 3.17. The number of aromatic nitrogens is 1. The number of para-hydroxylation sites is 1. The maximum atomic E-state index is 12.0. The Kier molecular flexibility index (Phi) is 3.62. The molecule has 0 unspecified atom stereocenters. The fraction of sp³-hybridized carbons (Fsp3) is 0.400. The Hall–Kier alpha value is -1.81. The smallest absolute Gasteiger partial charge is 0.240 e. The number of nitrogens with zero attached hydrogens (tertiary/aromatic N) is 1. The van der Waals surface area contributed by atoms with Gasteiger partial charge in [0, 0.05) is 17.1 Å². The molecule has 102 valence electrons. The highest BCUT2D eigenvalue weighted by Gasteiger charge is 2.19. The van der Waals surface area contributed by atoms with E-state index in [0.29, 0.717) is 0 Å². The van der Waals surface area contributed by atoms with Crippen LogP contribution in [-0.4, -0.2) is 27.7 Å². The summed E-state index contributed by atoms with van der Waals surface area (Å²) in [7, 11) is 0. The van der Waals surface area contributed by atoms with Gasteiger partial charge in [0.25, 0.3) is 0 Å². The molecule has 0 radical (unpaired) electrons. The first kappa shape index (κ1) is 13.6. The molecular formula is C15H20N2O2. The monoisotopic (exact) mass is 260 g/mol. The molecule has 2 rings (SSSR count). The topological polar surface area (TPSA) is 54.3 Å². The van der Waals surface area contributed by atoms with Crippen LogP contribution in [0.1, 0.15) is 19.4 Å². The van der Waals surface area contributed by atoms with Crippen molar-refractivity contribution in [2.75, 3.05) is 6.61 Å². The summed E-state index contributed by atoms with van der Waals surface area (Å²) in [5, 5.41) is 13.1. The Balaban J connectivity index is 2.20. The van der Waals surface area contributed by atoms with Crippen LogP contribution in [-0.2, 0) is 11.3 Å². The lowest BCUT2D eigenvalue weighted by atomic mass is 10.1. The largest absolute Gasteiger partial charge is 0.394 e. The first-order valence-electron chi connectivity index (χ1n) is 6.39. The molecule has 1 aromatic carbocycles. The van der Waals surface area contributed by atoms with Gasteiger partial charge in [-0.15, -0.1) is 0 Å². The maximum Gasteiger partial charge on any atom is 0.240 e. The number of amides is 1. The molecular weight excluding hydrogens is 240 g/mol. The summed E-state index contributed by atoms with van der Waals surface area (Å²) in [6, 6.07) is 8.02. The van der Waals surface area contributed by atoms with Crippen LogP contribution in [0, 0.1) is 6.92 Å². The molecule has 0 fully saturated rings. The molecule has 4 heteroatoms. The van der Waals surface area contributed by atoms with Gasteiger partial charge < -0.3 is 15.0 Å². The number of hydrogen-bond donors (Lipinski definition) is 2. The lowest BCUT2D eigenvalue weighted by Crippen LogP contribution is -2.47. The zero-order chi connectivity index (χ0) is 14.0. The molecule has 4 nitrogen and oxygen atoms in total. The highest BCUT2D eigenvalue weighted by molar-refractivity contribution is 5.86. The van der Waals surface area contributed by atoms with Crippen LogP contribution in [0.25, 0.3) is 10.9 Å². The molecule has 0 saturated carbocycles. The van der Waals surface area contributed by atoms with E-state index in [4.69, 9.17) is 5.11 Å². The molecule has 1 amide bonds. The molecule has 0 atom stereocenters. The third kappa shape index (κ3) is 2.96. The van der Waals surface area contributed by atoms with Gasteiger partial charge in [0.15, 0.2) is 0 Å². The number of hydrogen-bond acceptors (Lipinski definition) is 2. The number of aryl methyl sites for hydroxylation is 1. The van der Waals surface area contributed by atoms with Crippen molar-refractivity contribution >= 4 is 16.8 Å². The summed E-state index contributed by atoms with van der Waals surface area (Å²) in [6.07, 6.45) is 1.98. The van der Waals surface area contributed by atoms with E-state index in [1.165, 1.54) is 0 Å². The highest BCUT2D eigenvalue weighted by Crippen LogP contribution is 2.20. The molecule has 0 bridgehead atoms. The van der Waals surface area contributed by atoms with E-state index in [9.17, 15) is 4.79 Å². The Morgan fingerprint density at radius 3 is 2.74 bits per heavy atom. The van der Waals surface area contributed by atoms with Crippen molar-refractivity contribution in [2.24, 2.45) is 0 Å². The maximum absolute atomic E-state index is 12.0. The van der Waals surface area contributed by atoms with Gasteiger partial charge in [0.05, 0.1) is 12.1 Å². The van der Waals surface area contributed by atoms with Crippen LogP contribution in [0.2, 0.25) is 0 Å². The second-order valence-corrected chi connectivity index (χ2v) is 5.55.